The van der Waals surface area contributed by atoms with Crippen molar-refractivity contribution in [3.63, 3.8) is 0 Å². The van der Waals surface area contributed by atoms with Crippen molar-refractivity contribution >= 4 is 21.8 Å². The molecule has 1 aromatic carbocycles. The Morgan fingerprint density at radius 2 is 2.10 bits per heavy atom. The summed E-state index contributed by atoms with van der Waals surface area (Å²) < 4.78 is 19.7. The Morgan fingerprint density at radius 1 is 1.40 bits per heavy atom. The first-order chi connectivity index (χ1) is 9.27. The maximum absolute atomic E-state index is 13.4. The largest absolute Gasteiger partial charge is 0.374 e. The van der Waals surface area contributed by atoms with Crippen molar-refractivity contribution in [2.24, 2.45) is 5.41 Å². The Kier molecular flexibility index (Phi) is 4.49. The number of ether oxygens (including phenoxy) is 1. The van der Waals surface area contributed by atoms with E-state index in [1.807, 2.05) is 0 Å². The number of rotatable bonds is 1. The van der Waals surface area contributed by atoms with E-state index in [0.717, 1.165) is 0 Å². The third-order valence-electron chi connectivity index (χ3n) is 3.43. The number of carbonyl (C=O) groups is 1. The predicted molar refractivity (Wildman–Crippen MR) is 79.2 cm³/mol. The molecule has 1 heterocycles. The summed E-state index contributed by atoms with van der Waals surface area (Å²) >= 11 is 3.21. The molecule has 0 aromatic heterocycles. The predicted octanol–water partition coefficient (Wildman–Crippen LogP) is 3.48. The number of nitrogens with zero attached hydrogens (tertiary/aromatic N) is 1. The maximum Gasteiger partial charge on any atom is 0.254 e. The number of benzene rings is 1. The third kappa shape index (κ3) is 3.58. The molecular weight excluding hydrogens is 325 g/mol. The minimum absolute atomic E-state index is 0.00259. The minimum atomic E-state index is -0.414. The van der Waals surface area contributed by atoms with Gasteiger partial charge in [-0.2, -0.15) is 0 Å². The molecule has 20 heavy (non-hydrogen) atoms. The van der Waals surface area contributed by atoms with Gasteiger partial charge < -0.3 is 9.64 Å². The molecule has 1 saturated heterocycles. The van der Waals surface area contributed by atoms with Gasteiger partial charge in [-0.3, -0.25) is 4.79 Å². The van der Waals surface area contributed by atoms with Gasteiger partial charge in [-0.05, 0) is 23.6 Å². The van der Waals surface area contributed by atoms with Crippen molar-refractivity contribution in [1.82, 2.24) is 4.90 Å². The van der Waals surface area contributed by atoms with Crippen LogP contribution in [-0.4, -0.2) is 36.6 Å². The standard InChI is InChI=1S/C15H19BrFNO2/c1-15(2,3)13-9-18(4-5-20-13)14(19)10-6-11(16)8-12(17)7-10/h6-8,13H,4-5,9H2,1-3H3/t13-/m0/s1. The van der Waals surface area contributed by atoms with Crippen LogP contribution in [0.2, 0.25) is 0 Å². The summed E-state index contributed by atoms with van der Waals surface area (Å²) in [5.74, 6) is -0.564. The molecule has 1 atom stereocenters. The molecule has 1 amide bonds. The first-order valence-corrected chi connectivity index (χ1v) is 7.43. The van der Waals surface area contributed by atoms with E-state index in [-0.39, 0.29) is 17.4 Å². The van der Waals surface area contributed by atoms with Crippen molar-refractivity contribution in [1.29, 1.82) is 0 Å². The second-order valence-corrected chi connectivity index (χ2v) is 7.05. The molecule has 1 aromatic rings. The van der Waals surface area contributed by atoms with Crippen LogP contribution in [0.15, 0.2) is 22.7 Å². The Bertz CT molecular complexity index is 493. The van der Waals surface area contributed by atoms with Gasteiger partial charge in [0.25, 0.3) is 5.91 Å². The highest BCUT2D eigenvalue weighted by atomic mass is 79.9. The molecule has 1 aliphatic heterocycles. The highest BCUT2D eigenvalue weighted by Crippen LogP contribution is 2.26. The van der Waals surface area contributed by atoms with E-state index in [2.05, 4.69) is 36.7 Å². The van der Waals surface area contributed by atoms with Crippen molar-refractivity contribution in [3.8, 4) is 0 Å². The lowest BCUT2D eigenvalue weighted by Gasteiger charge is -2.39. The maximum atomic E-state index is 13.4. The van der Waals surface area contributed by atoms with Crippen LogP contribution in [0.5, 0.6) is 0 Å². The van der Waals surface area contributed by atoms with Gasteiger partial charge in [0, 0.05) is 23.1 Å². The first kappa shape index (κ1) is 15.4. The summed E-state index contributed by atoms with van der Waals surface area (Å²) in [6, 6.07) is 4.26. The highest BCUT2D eigenvalue weighted by Gasteiger charge is 2.32. The minimum Gasteiger partial charge on any atom is -0.374 e. The van der Waals surface area contributed by atoms with Gasteiger partial charge in [0.1, 0.15) is 5.82 Å². The first-order valence-electron chi connectivity index (χ1n) is 6.64. The molecule has 1 fully saturated rings. The summed E-state index contributed by atoms with van der Waals surface area (Å²) in [6.07, 6.45) is -0.00259. The van der Waals surface area contributed by atoms with Gasteiger partial charge in [-0.15, -0.1) is 0 Å². The van der Waals surface area contributed by atoms with Gasteiger partial charge in [-0.25, -0.2) is 4.39 Å². The molecule has 0 saturated carbocycles. The average molecular weight is 344 g/mol. The van der Waals surface area contributed by atoms with Crippen LogP contribution in [-0.2, 0) is 4.74 Å². The van der Waals surface area contributed by atoms with Gasteiger partial charge in [-0.1, -0.05) is 36.7 Å². The van der Waals surface area contributed by atoms with Crippen LogP contribution < -0.4 is 0 Å². The Hall–Kier alpha value is -0.940. The average Bonchev–Trinajstić information content (AvgIpc) is 2.36. The molecule has 0 unspecified atom stereocenters. The van der Waals surface area contributed by atoms with Gasteiger partial charge >= 0.3 is 0 Å². The topological polar surface area (TPSA) is 29.5 Å². The van der Waals surface area contributed by atoms with Gasteiger partial charge in [0.15, 0.2) is 0 Å². The molecule has 5 heteroatoms. The number of hydrogen-bond donors (Lipinski definition) is 0. The monoisotopic (exact) mass is 343 g/mol. The fourth-order valence-corrected chi connectivity index (χ4v) is 2.68. The zero-order chi connectivity index (χ0) is 14.9. The van der Waals surface area contributed by atoms with Crippen molar-refractivity contribution in [3.05, 3.63) is 34.1 Å². The van der Waals surface area contributed by atoms with E-state index >= 15 is 0 Å². The summed E-state index contributed by atoms with van der Waals surface area (Å²) in [7, 11) is 0. The molecule has 0 aliphatic carbocycles. The molecule has 0 bridgehead atoms. The van der Waals surface area contributed by atoms with Crippen LogP contribution in [0, 0.1) is 11.2 Å². The number of amides is 1. The van der Waals surface area contributed by atoms with Crippen LogP contribution in [0.3, 0.4) is 0 Å². The van der Waals surface area contributed by atoms with Crippen LogP contribution in [0.25, 0.3) is 0 Å². The lowest BCUT2D eigenvalue weighted by molar-refractivity contribution is -0.0706. The Balaban J connectivity index is 2.16. The Morgan fingerprint density at radius 3 is 2.70 bits per heavy atom. The summed E-state index contributed by atoms with van der Waals surface area (Å²) in [6.45, 7) is 7.86. The van der Waals surface area contributed by atoms with Gasteiger partial charge in [0.2, 0.25) is 0 Å². The zero-order valence-corrected chi connectivity index (χ0v) is 13.5. The zero-order valence-electron chi connectivity index (χ0n) is 12.0. The van der Waals surface area contributed by atoms with E-state index in [1.165, 1.54) is 12.1 Å². The molecule has 0 radical (unpaired) electrons. The van der Waals surface area contributed by atoms with E-state index in [4.69, 9.17) is 4.74 Å². The SMILES string of the molecule is CC(C)(C)[C@@H]1CN(C(=O)c2cc(F)cc(Br)c2)CCO1. The number of halogens is 2. The lowest BCUT2D eigenvalue weighted by atomic mass is 9.88. The molecule has 0 spiro atoms. The smallest absolute Gasteiger partial charge is 0.254 e. The van der Waals surface area contributed by atoms with Crippen molar-refractivity contribution in [2.75, 3.05) is 19.7 Å². The summed E-state index contributed by atoms with van der Waals surface area (Å²) in [5, 5.41) is 0. The van der Waals surface area contributed by atoms with E-state index in [0.29, 0.717) is 29.7 Å². The van der Waals surface area contributed by atoms with Crippen LogP contribution in [0.1, 0.15) is 31.1 Å². The molecule has 2 rings (SSSR count). The molecule has 1 aliphatic rings. The van der Waals surface area contributed by atoms with Gasteiger partial charge in [0.05, 0.1) is 12.7 Å². The molecule has 110 valence electrons. The van der Waals surface area contributed by atoms with Crippen molar-refractivity contribution in [2.45, 2.75) is 26.9 Å². The fraction of sp³-hybridized carbons (Fsp3) is 0.533. The third-order valence-corrected chi connectivity index (χ3v) is 3.89. The molecule has 0 N–H and O–H groups in total. The van der Waals surface area contributed by atoms with Crippen molar-refractivity contribution < 1.29 is 13.9 Å². The van der Waals surface area contributed by atoms with E-state index in [9.17, 15) is 9.18 Å². The number of morpholine rings is 1. The number of hydrogen-bond acceptors (Lipinski definition) is 2. The molecular formula is C15H19BrFNO2. The highest BCUT2D eigenvalue weighted by molar-refractivity contribution is 9.10. The molecule has 3 nitrogen and oxygen atoms in total. The quantitative estimate of drug-likeness (QED) is 0.781. The van der Waals surface area contributed by atoms with Crippen LogP contribution >= 0.6 is 15.9 Å². The Labute approximate surface area is 127 Å². The second-order valence-electron chi connectivity index (χ2n) is 6.13. The van der Waals surface area contributed by atoms with E-state index < -0.39 is 5.82 Å². The normalized spacial score (nSPS) is 20.1. The van der Waals surface area contributed by atoms with Crippen LogP contribution in [0.4, 0.5) is 4.39 Å². The fourth-order valence-electron chi connectivity index (χ4n) is 2.22. The lowest BCUT2D eigenvalue weighted by Crippen LogP contribution is -2.50. The number of carbonyl (C=O) groups excluding carboxylic acids is 1. The summed E-state index contributed by atoms with van der Waals surface area (Å²) in [4.78, 5) is 14.2. The summed E-state index contributed by atoms with van der Waals surface area (Å²) in [5.41, 5.74) is 0.341. The van der Waals surface area contributed by atoms with E-state index in [1.54, 1.807) is 11.0 Å². The second kappa shape index (κ2) is 5.82.